The first kappa shape index (κ1) is 18.7. The van der Waals surface area contributed by atoms with Crippen LogP contribution in [0.4, 0.5) is 0 Å². The topological polar surface area (TPSA) is 36.4 Å². The van der Waals surface area contributed by atoms with Crippen molar-refractivity contribution in [1.82, 2.24) is 10.6 Å². The smallest absolute Gasteiger partial charge is 0.191 e. The lowest BCUT2D eigenvalue weighted by Gasteiger charge is -2.13. The van der Waals surface area contributed by atoms with Crippen LogP contribution in [-0.4, -0.2) is 19.6 Å². The van der Waals surface area contributed by atoms with Crippen molar-refractivity contribution in [2.45, 2.75) is 26.8 Å². The van der Waals surface area contributed by atoms with Gasteiger partial charge in [0.25, 0.3) is 0 Å². The van der Waals surface area contributed by atoms with Gasteiger partial charge in [0.1, 0.15) is 0 Å². The molecule has 0 saturated carbocycles. The molecule has 1 aromatic carbocycles. The third-order valence-corrected chi connectivity index (χ3v) is 3.08. The molecule has 0 saturated heterocycles. The van der Waals surface area contributed by atoms with Crippen molar-refractivity contribution in [1.29, 1.82) is 0 Å². The van der Waals surface area contributed by atoms with E-state index in [1.165, 1.54) is 5.56 Å². The number of rotatable bonds is 5. The number of hydrogen-bond donors (Lipinski definition) is 2. The van der Waals surface area contributed by atoms with E-state index in [1.807, 2.05) is 12.1 Å². The first-order chi connectivity index (χ1) is 8.61. The van der Waals surface area contributed by atoms with Gasteiger partial charge in [0.05, 0.1) is 0 Å². The van der Waals surface area contributed by atoms with E-state index in [4.69, 9.17) is 0 Å². The van der Waals surface area contributed by atoms with Crippen molar-refractivity contribution in [2.75, 3.05) is 13.6 Å². The maximum Gasteiger partial charge on any atom is 0.191 e. The summed E-state index contributed by atoms with van der Waals surface area (Å²) in [5.41, 5.74) is 1.23. The molecule has 3 nitrogen and oxygen atoms in total. The molecule has 2 N–H and O–H groups in total. The van der Waals surface area contributed by atoms with Crippen LogP contribution >= 0.6 is 39.9 Å². The van der Waals surface area contributed by atoms with Crippen LogP contribution in [0.15, 0.2) is 33.7 Å². The zero-order chi connectivity index (χ0) is 13.4. The Bertz CT molecular complexity index is 394. The number of nitrogens with one attached hydrogen (secondary N) is 2. The molecule has 0 amide bonds. The molecule has 0 radical (unpaired) electrons. The lowest BCUT2D eigenvalue weighted by Crippen LogP contribution is -2.37. The highest BCUT2D eigenvalue weighted by Gasteiger charge is 1.99. The number of aliphatic imine (C=N–C) groups is 1. The van der Waals surface area contributed by atoms with Crippen LogP contribution in [0.2, 0.25) is 0 Å². The minimum absolute atomic E-state index is 0. The summed E-state index contributed by atoms with van der Waals surface area (Å²) >= 11 is 3.47. The lowest BCUT2D eigenvalue weighted by molar-refractivity contribution is 0.573. The Balaban J connectivity index is 0.00000324. The molecule has 108 valence electrons. The summed E-state index contributed by atoms with van der Waals surface area (Å²) in [4.78, 5) is 4.21. The number of guanidine groups is 1. The fourth-order valence-corrected chi connectivity index (χ4v) is 1.98. The van der Waals surface area contributed by atoms with Crippen LogP contribution in [0.25, 0.3) is 0 Å². The van der Waals surface area contributed by atoms with Crippen LogP contribution < -0.4 is 10.6 Å². The molecular formula is C14H23BrIN3. The quantitative estimate of drug-likeness (QED) is 0.416. The van der Waals surface area contributed by atoms with E-state index in [0.717, 1.165) is 29.9 Å². The highest BCUT2D eigenvalue weighted by molar-refractivity contribution is 14.0. The predicted molar refractivity (Wildman–Crippen MR) is 97.2 cm³/mol. The van der Waals surface area contributed by atoms with E-state index in [-0.39, 0.29) is 24.0 Å². The van der Waals surface area contributed by atoms with Crippen LogP contribution in [-0.2, 0) is 6.54 Å². The van der Waals surface area contributed by atoms with E-state index >= 15 is 0 Å². The summed E-state index contributed by atoms with van der Waals surface area (Å²) in [6.07, 6.45) is 1.15. The van der Waals surface area contributed by atoms with E-state index in [1.54, 1.807) is 7.05 Å². The first-order valence-electron chi connectivity index (χ1n) is 6.30. The normalized spacial score (nSPS) is 11.1. The van der Waals surface area contributed by atoms with Gasteiger partial charge in [-0.2, -0.15) is 0 Å². The van der Waals surface area contributed by atoms with Gasteiger partial charge in [0.15, 0.2) is 5.96 Å². The minimum Gasteiger partial charge on any atom is -0.356 e. The molecular weight excluding hydrogens is 417 g/mol. The largest absolute Gasteiger partial charge is 0.356 e. The van der Waals surface area contributed by atoms with Gasteiger partial charge in [-0.1, -0.05) is 41.9 Å². The van der Waals surface area contributed by atoms with Gasteiger partial charge in [-0.05, 0) is 30.0 Å². The SMILES string of the molecule is CN=C(NCCC(C)C)NCc1cccc(Br)c1.I. The van der Waals surface area contributed by atoms with Crippen LogP contribution in [0.5, 0.6) is 0 Å². The second-order valence-electron chi connectivity index (χ2n) is 4.66. The molecule has 0 aliphatic carbocycles. The molecule has 19 heavy (non-hydrogen) atoms. The molecule has 0 aromatic heterocycles. The zero-order valence-corrected chi connectivity index (χ0v) is 15.7. The average molecular weight is 440 g/mol. The summed E-state index contributed by atoms with van der Waals surface area (Å²) in [7, 11) is 1.80. The second-order valence-corrected chi connectivity index (χ2v) is 5.58. The third kappa shape index (κ3) is 8.47. The Hall–Kier alpha value is -0.300. The summed E-state index contributed by atoms with van der Waals surface area (Å²) in [6, 6.07) is 8.27. The predicted octanol–water partition coefficient (Wildman–Crippen LogP) is 3.78. The fourth-order valence-electron chi connectivity index (χ4n) is 1.53. The average Bonchev–Trinajstić information content (AvgIpc) is 2.33. The van der Waals surface area contributed by atoms with Gasteiger partial charge in [-0.15, -0.1) is 24.0 Å². The van der Waals surface area contributed by atoms with Crippen LogP contribution in [0.3, 0.4) is 0 Å². The highest BCUT2D eigenvalue weighted by Crippen LogP contribution is 2.11. The first-order valence-corrected chi connectivity index (χ1v) is 7.10. The van der Waals surface area contributed by atoms with Crippen LogP contribution in [0, 0.1) is 5.92 Å². The van der Waals surface area contributed by atoms with Crippen molar-refractivity contribution in [2.24, 2.45) is 10.9 Å². The van der Waals surface area contributed by atoms with E-state index in [2.05, 4.69) is 57.5 Å². The van der Waals surface area contributed by atoms with E-state index < -0.39 is 0 Å². The highest BCUT2D eigenvalue weighted by atomic mass is 127. The standard InChI is InChI=1S/C14H22BrN3.HI/c1-11(2)7-8-17-14(16-3)18-10-12-5-4-6-13(15)9-12;/h4-6,9,11H,7-8,10H2,1-3H3,(H2,16,17,18);1H. The van der Waals surface area contributed by atoms with Crippen molar-refractivity contribution in [3.8, 4) is 0 Å². The van der Waals surface area contributed by atoms with Gasteiger partial charge in [0.2, 0.25) is 0 Å². The van der Waals surface area contributed by atoms with Gasteiger partial charge < -0.3 is 10.6 Å². The van der Waals surface area contributed by atoms with Crippen molar-refractivity contribution >= 4 is 45.9 Å². The summed E-state index contributed by atoms with van der Waals surface area (Å²) < 4.78 is 1.10. The summed E-state index contributed by atoms with van der Waals surface area (Å²) in [5, 5.41) is 6.62. The van der Waals surface area contributed by atoms with Crippen molar-refractivity contribution < 1.29 is 0 Å². The maximum atomic E-state index is 4.21. The molecule has 0 spiro atoms. The summed E-state index contributed by atoms with van der Waals surface area (Å²) in [6.45, 7) is 6.18. The Morgan fingerprint density at radius 1 is 1.32 bits per heavy atom. The van der Waals surface area contributed by atoms with Crippen molar-refractivity contribution in [3.05, 3.63) is 34.3 Å². The van der Waals surface area contributed by atoms with E-state index in [0.29, 0.717) is 5.92 Å². The summed E-state index contributed by atoms with van der Waals surface area (Å²) in [5.74, 6) is 1.57. The Morgan fingerprint density at radius 3 is 2.63 bits per heavy atom. The lowest BCUT2D eigenvalue weighted by atomic mass is 10.1. The molecule has 0 aliphatic rings. The molecule has 0 heterocycles. The molecule has 0 bridgehead atoms. The molecule has 5 heteroatoms. The molecule has 1 aromatic rings. The minimum atomic E-state index is 0. The van der Waals surface area contributed by atoms with Gasteiger partial charge in [0, 0.05) is 24.6 Å². The van der Waals surface area contributed by atoms with Gasteiger partial charge >= 0.3 is 0 Å². The Kier molecular flexibility index (Phi) is 10.3. The molecule has 0 atom stereocenters. The van der Waals surface area contributed by atoms with Gasteiger partial charge in [-0.3, -0.25) is 4.99 Å². The zero-order valence-electron chi connectivity index (χ0n) is 11.7. The molecule has 0 aliphatic heterocycles. The van der Waals surface area contributed by atoms with Crippen molar-refractivity contribution in [3.63, 3.8) is 0 Å². The second kappa shape index (κ2) is 10.5. The number of halogens is 2. The van der Waals surface area contributed by atoms with Gasteiger partial charge in [-0.25, -0.2) is 0 Å². The number of nitrogens with zero attached hydrogens (tertiary/aromatic N) is 1. The number of benzene rings is 1. The maximum absolute atomic E-state index is 4.21. The molecule has 1 rings (SSSR count). The Morgan fingerprint density at radius 2 is 2.05 bits per heavy atom. The van der Waals surface area contributed by atoms with Crippen LogP contribution in [0.1, 0.15) is 25.8 Å². The Labute approximate surface area is 141 Å². The fraction of sp³-hybridized carbons (Fsp3) is 0.500. The third-order valence-electron chi connectivity index (χ3n) is 2.59. The molecule has 0 fully saturated rings. The van der Waals surface area contributed by atoms with E-state index in [9.17, 15) is 0 Å². The monoisotopic (exact) mass is 439 g/mol. The number of hydrogen-bond acceptors (Lipinski definition) is 1. The molecule has 0 unspecified atom stereocenters.